The fraction of sp³-hybridized carbons (Fsp3) is 0.379. The molecule has 3 heterocycles. The molecule has 0 radical (unpaired) electrons. The lowest BCUT2D eigenvalue weighted by molar-refractivity contribution is -0.124. The number of ether oxygens (including phenoxy) is 1. The van der Waals surface area contributed by atoms with Crippen LogP contribution in [0, 0.1) is 5.92 Å². The van der Waals surface area contributed by atoms with Crippen molar-refractivity contribution in [3.05, 3.63) is 71.0 Å². The predicted octanol–water partition coefficient (Wildman–Crippen LogP) is 4.99. The van der Waals surface area contributed by atoms with Gasteiger partial charge < -0.3 is 19.9 Å². The van der Waals surface area contributed by atoms with E-state index in [-0.39, 0.29) is 17.6 Å². The molecule has 8 nitrogen and oxygen atoms in total. The number of hydrogen-bond acceptors (Lipinski definition) is 5. The van der Waals surface area contributed by atoms with Crippen LogP contribution in [0.3, 0.4) is 0 Å². The molecule has 2 aromatic heterocycles. The van der Waals surface area contributed by atoms with Crippen molar-refractivity contribution in [2.75, 3.05) is 18.4 Å². The Morgan fingerprint density at radius 2 is 1.89 bits per heavy atom. The number of carbonyl (C=O) groups is 3. The molecule has 2 aliphatic rings. The summed E-state index contributed by atoms with van der Waals surface area (Å²) in [6.45, 7) is 6.07. The average molecular weight is 501 g/mol. The molecule has 1 saturated heterocycles. The number of aryl methyl sites for hydroxylation is 1. The van der Waals surface area contributed by atoms with Crippen LogP contribution in [0.1, 0.15) is 60.8 Å². The first-order valence-corrected chi connectivity index (χ1v) is 12.7. The largest absolute Gasteiger partial charge is 0.444 e. The summed E-state index contributed by atoms with van der Waals surface area (Å²) in [5.41, 5.74) is 5.09. The summed E-state index contributed by atoms with van der Waals surface area (Å²) in [5, 5.41) is 2.89. The number of benzene rings is 1. The number of likely N-dealkylation sites (tertiary alicyclic amines) is 1. The van der Waals surface area contributed by atoms with Gasteiger partial charge in [-0.2, -0.15) is 0 Å². The summed E-state index contributed by atoms with van der Waals surface area (Å²) in [4.78, 5) is 47.3. The normalized spacial score (nSPS) is 15.6. The highest BCUT2D eigenvalue weighted by molar-refractivity contribution is 6.02. The Morgan fingerprint density at radius 3 is 2.62 bits per heavy atom. The number of aromatic amines is 1. The lowest BCUT2D eigenvalue weighted by Gasteiger charge is -2.38. The van der Waals surface area contributed by atoms with E-state index in [1.54, 1.807) is 6.20 Å². The molecule has 5 rings (SSSR count). The van der Waals surface area contributed by atoms with E-state index in [0.717, 1.165) is 46.5 Å². The molecule has 1 aromatic carbocycles. The van der Waals surface area contributed by atoms with Gasteiger partial charge in [-0.25, -0.2) is 9.78 Å². The maximum atomic E-state index is 12.9. The fourth-order valence-electron chi connectivity index (χ4n) is 4.90. The van der Waals surface area contributed by atoms with Crippen molar-refractivity contribution in [3.8, 4) is 11.3 Å². The Labute approximate surface area is 216 Å². The number of nitrogens with zero attached hydrogens (tertiary/aromatic N) is 2. The minimum absolute atomic E-state index is 0.178. The van der Waals surface area contributed by atoms with E-state index >= 15 is 0 Å². The summed E-state index contributed by atoms with van der Waals surface area (Å²) in [6.07, 6.45) is 4.13. The molecule has 0 atom stereocenters. The van der Waals surface area contributed by atoms with Gasteiger partial charge in [0, 0.05) is 48.9 Å². The molecule has 1 fully saturated rings. The number of aromatic nitrogens is 2. The standard InChI is InChI=1S/C29H32N4O4/c1-29(2,3)37-28(36)33-16-20(17-33)27(35)32-24-15-19(12-13-30-24)26-21(14-18-8-5-4-6-9-18)25-22(31-26)10-7-11-23(25)34/h4-6,8-9,12-13,15,20,31H,7,10-11,14,16-17H2,1-3H3,(H,30,32,35). The number of amides is 2. The number of fused-ring (bicyclic) bond motifs is 1. The molecular formula is C29H32N4O4. The van der Waals surface area contributed by atoms with E-state index in [4.69, 9.17) is 4.74 Å². The van der Waals surface area contributed by atoms with Gasteiger partial charge in [-0.3, -0.25) is 9.59 Å². The summed E-state index contributed by atoms with van der Waals surface area (Å²) in [6, 6.07) is 13.8. The molecule has 0 spiro atoms. The van der Waals surface area contributed by atoms with Crippen LogP contribution in [0.5, 0.6) is 0 Å². The summed E-state index contributed by atoms with van der Waals surface area (Å²) < 4.78 is 5.36. The number of rotatable bonds is 5. The van der Waals surface area contributed by atoms with E-state index in [1.807, 2.05) is 51.1 Å². The van der Waals surface area contributed by atoms with Gasteiger partial charge in [-0.05, 0) is 56.9 Å². The van der Waals surface area contributed by atoms with E-state index in [9.17, 15) is 14.4 Å². The van der Waals surface area contributed by atoms with Gasteiger partial charge in [0.25, 0.3) is 0 Å². The number of hydrogen-bond donors (Lipinski definition) is 2. The van der Waals surface area contributed by atoms with Gasteiger partial charge >= 0.3 is 6.09 Å². The van der Waals surface area contributed by atoms with Crippen LogP contribution in [-0.4, -0.2) is 51.3 Å². The Kier molecular flexibility index (Phi) is 6.58. The maximum Gasteiger partial charge on any atom is 0.410 e. The first-order valence-electron chi connectivity index (χ1n) is 12.7. The quantitative estimate of drug-likeness (QED) is 0.514. The van der Waals surface area contributed by atoms with Gasteiger partial charge in [0.15, 0.2) is 5.78 Å². The maximum absolute atomic E-state index is 12.9. The number of ketones is 1. The smallest absolute Gasteiger partial charge is 0.410 e. The SMILES string of the molecule is CC(C)(C)OC(=O)N1CC(C(=O)Nc2cc(-c3[nH]c4c(c3Cc3ccccc3)C(=O)CCC4)ccn2)C1. The second-order valence-corrected chi connectivity index (χ2v) is 10.8. The monoisotopic (exact) mass is 500 g/mol. The van der Waals surface area contributed by atoms with E-state index < -0.39 is 11.7 Å². The van der Waals surface area contributed by atoms with Crippen molar-refractivity contribution in [3.63, 3.8) is 0 Å². The van der Waals surface area contributed by atoms with Gasteiger partial charge in [0.05, 0.1) is 11.6 Å². The minimum atomic E-state index is -0.574. The van der Waals surface area contributed by atoms with Crippen molar-refractivity contribution in [2.24, 2.45) is 5.92 Å². The highest BCUT2D eigenvalue weighted by atomic mass is 16.6. The van der Waals surface area contributed by atoms with Crippen LogP contribution < -0.4 is 5.32 Å². The van der Waals surface area contributed by atoms with Crippen LogP contribution in [0.2, 0.25) is 0 Å². The zero-order valence-electron chi connectivity index (χ0n) is 21.5. The summed E-state index contributed by atoms with van der Waals surface area (Å²) in [5.74, 6) is 0.108. The molecule has 0 bridgehead atoms. The third-order valence-corrected chi connectivity index (χ3v) is 6.72. The van der Waals surface area contributed by atoms with Crippen molar-refractivity contribution in [1.29, 1.82) is 0 Å². The van der Waals surface area contributed by atoms with Crippen LogP contribution in [0.25, 0.3) is 11.3 Å². The molecule has 8 heteroatoms. The number of Topliss-reactive ketones (excluding diaryl/α,β-unsaturated/α-hetero) is 1. The Hall–Kier alpha value is -3.94. The van der Waals surface area contributed by atoms with Crippen LogP contribution in [0.15, 0.2) is 48.7 Å². The molecule has 3 aromatic rings. The molecule has 0 unspecified atom stereocenters. The molecule has 1 aliphatic heterocycles. The lowest BCUT2D eigenvalue weighted by Crippen LogP contribution is -2.55. The van der Waals surface area contributed by atoms with E-state index in [0.29, 0.717) is 31.7 Å². The van der Waals surface area contributed by atoms with Gasteiger partial charge in [0.2, 0.25) is 5.91 Å². The second kappa shape index (κ2) is 9.84. The van der Waals surface area contributed by atoms with Crippen molar-refractivity contribution in [1.82, 2.24) is 14.9 Å². The fourth-order valence-corrected chi connectivity index (χ4v) is 4.90. The lowest BCUT2D eigenvalue weighted by atomic mass is 9.90. The van der Waals surface area contributed by atoms with Gasteiger partial charge in [-0.15, -0.1) is 0 Å². The summed E-state index contributed by atoms with van der Waals surface area (Å²) in [7, 11) is 0. The van der Waals surface area contributed by atoms with Crippen LogP contribution in [-0.2, 0) is 22.4 Å². The van der Waals surface area contributed by atoms with Crippen molar-refractivity contribution >= 4 is 23.6 Å². The van der Waals surface area contributed by atoms with Gasteiger partial charge in [-0.1, -0.05) is 30.3 Å². The van der Waals surface area contributed by atoms with E-state index in [1.165, 1.54) is 4.90 Å². The Balaban J connectivity index is 1.34. The average Bonchev–Trinajstić information content (AvgIpc) is 3.17. The Morgan fingerprint density at radius 1 is 1.14 bits per heavy atom. The van der Waals surface area contributed by atoms with Gasteiger partial charge in [0.1, 0.15) is 11.4 Å². The van der Waals surface area contributed by atoms with Crippen LogP contribution in [0.4, 0.5) is 10.6 Å². The number of carbonyl (C=O) groups excluding carboxylic acids is 3. The molecule has 2 N–H and O–H groups in total. The number of anilines is 1. The molecule has 1 aliphatic carbocycles. The zero-order chi connectivity index (χ0) is 26.2. The van der Waals surface area contributed by atoms with Crippen LogP contribution >= 0.6 is 0 Å². The Bertz CT molecular complexity index is 1330. The predicted molar refractivity (Wildman–Crippen MR) is 140 cm³/mol. The number of nitrogens with one attached hydrogen (secondary N) is 2. The van der Waals surface area contributed by atoms with Crippen molar-refractivity contribution in [2.45, 2.75) is 52.1 Å². The highest BCUT2D eigenvalue weighted by Gasteiger charge is 2.38. The number of pyridine rings is 1. The molecule has 192 valence electrons. The molecule has 0 saturated carbocycles. The second-order valence-electron chi connectivity index (χ2n) is 10.8. The number of H-pyrrole nitrogens is 1. The third-order valence-electron chi connectivity index (χ3n) is 6.72. The van der Waals surface area contributed by atoms with Crippen molar-refractivity contribution < 1.29 is 19.1 Å². The molecule has 2 amide bonds. The molecular weight excluding hydrogens is 468 g/mol. The first-order chi connectivity index (χ1) is 17.7. The highest BCUT2D eigenvalue weighted by Crippen LogP contribution is 2.35. The minimum Gasteiger partial charge on any atom is -0.444 e. The zero-order valence-corrected chi connectivity index (χ0v) is 21.5. The topological polar surface area (TPSA) is 104 Å². The molecule has 37 heavy (non-hydrogen) atoms. The first kappa shape index (κ1) is 24.7. The van der Waals surface area contributed by atoms with E-state index in [2.05, 4.69) is 27.4 Å². The third kappa shape index (κ3) is 5.43. The summed E-state index contributed by atoms with van der Waals surface area (Å²) >= 11 is 0.